The van der Waals surface area contributed by atoms with Crippen LogP contribution in [0.2, 0.25) is 0 Å². The number of rotatable bonds is 7. The van der Waals surface area contributed by atoms with E-state index in [1.54, 1.807) is 60.1 Å². The zero-order chi connectivity index (χ0) is 20.3. The second kappa shape index (κ2) is 8.26. The monoisotopic (exact) mass is 419 g/mol. The van der Waals surface area contributed by atoms with Crippen LogP contribution in [0.15, 0.2) is 58.2 Å². The van der Waals surface area contributed by atoms with Crippen LogP contribution in [0, 0.1) is 0 Å². The van der Waals surface area contributed by atoms with Crippen molar-refractivity contribution < 1.29 is 13.2 Å². The topological polar surface area (TPSA) is 88.5 Å². The summed E-state index contributed by atoms with van der Waals surface area (Å²) < 4.78 is 28.5. The molecule has 0 aliphatic rings. The van der Waals surface area contributed by atoms with Crippen LogP contribution in [0.5, 0.6) is 0 Å². The molecule has 0 fully saturated rings. The van der Waals surface area contributed by atoms with Crippen LogP contribution in [-0.2, 0) is 21.9 Å². The van der Waals surface area contributed by atoms with E-state index in [-0.39, 0.29) is 28.6 Å². The van der Waals surface area contributed by atoms with Crippen molar-refractivity contribution in [1.82, 2.24) is 8.87 Å². The van der Waals surface area contributed by atoms with E-state index < -0.39 is 10.0 Å². The summed E-state index contributed by atoms with van der Waals surface area (Å²) >= 11 is 1.13. The zero-order valence-electron chi connectivity index (χ0n) is 15.6. The van der Waals surface area contributed by atoms with Crippen LogP contribution in [0.1, 0.15) is 12.8 Å². The lowest BCUT2D eigenvalue weighted by Gasteiger charge is -2.17. The van der Waals surface area contributed by atoms with Gasteiger partial charge >= 0.3 is 4.87 Å². The first-order chi connectivity index (χ1) is 13.3. The van der Waals surface area contributed by atoms with Crippen molar-refractivity contribution in [2.24, 2.45) is 7.05 Å². The number of sulfonamides is 1. The molecule has 28 heavy (non-hydrogen) atoms. The van der Waals surface area contributed by atoms with Gasteiger partial charge in [-0.2, -0.15) is 0 Å². The highest BCUT2D eigenvalue weighted by Gasteiger charge is 2.20. The number of nitrogens with one attached hydrogen (secondary N) is 1. The van der Waals surface area contributed by atoms with E-state index in [0.717, 1.165) is 21.6 Å². The fourth-order valence-electron chi connectivity index (χ4n) is 2.79. The lowest BCUT2D eigenvalue weighted by Crippen LogP contribution is -2.28. The van der Waals surface area contributed by atoms with Crippen LogP contribution in [0.25, 0.3) is 10.2 Å². The lowest BCUT2D eigenvalue weighted by atomic mass is 10.2. The molecule has 9 heteroatoms. The Balaban J connectivity index is 1.55. The van der Waals surface area contributed by atoms with E-state index in [1.807, 2.05) is 0 Å². The highest BCUT2D eigenvalue weighted by Crippen LogP contribution is 2.21. The minimum Gasteiger partial charge on any atom is -0.326 e. The molecule has 3 aromatic rings. The van der Waals surface area contributed by atoms with Crippen molar-refractivity contribution in [3.05, 3.63) is 58.2 Å². The first-order valence-electron chi connectivity index (χ1n) is 8.70. The molecule has 2 aromatic carbocycles. The predicted molar refractivity (Wildman–Crippen MR) is 111 cm³/mol. The van der Waals surface area contributed by atoms with Gasteiger partial charge in [0.1, 0.15) is 0 Å². The van der Waals surface area contributed by atoms with Crippen molar-refractivity contribution >= 4 is 43.2 Å². The van der Waals surface area contributed by atoms with Crippen molar-refractivity contribution in [2.75, 3.05) is 18.9 Å². The molecule has 0 radical (unpaired) electrons. The maximum atomic E-state index is 12.5. The highest BCUT2D eigenvalue weighted by molar-refractivity contribution is 7.89. The van der Waals surface area contributed by atoms with E-state index >= 15 is 0 Å². The fourth-order valence-corrected chi connectivity index (χ4v) is 4.94. The molecule has 0 atom stereocenters. The maximum Gasteiger partial charge on any atom is 0.307 e. The van der Waals surface area contributed by atoms with Crippen LogP contribution < -0.4 is 10.2 Å². The number of thiazole rings is 1. The normalized spacial score (nSPS) is 11.8. The summed E-state index contributed by atoms with van der Waals surface area (Å²) in [6.45, 7) is 0.240. The number of carbonyl (C=O) groups excluding carboxylic acids is 1. The van der Waals surface area contributed by atoms with E-state index in [2.05, 4.69) is 5.32 Å². The largest absolute Gasteiger partial charge is 0.326 e. The second-order valence-corrected chi connectivity index (χ2v) is 9.44. The standard InChI is InChI=1S/C19H21N3O4S2/c1-21(28(25,26)15-7-4-3-5-8-15)12-6-9-18(23)20-14-10-11-16-17(13-14)27-19(24)22(16)2/h3-5,7-8,10-11,13H,6,9,12H2,1-2H3,(H,20,23). The van der Waals surface area contributed by atoms with Crippen molar-refractivity contribution in [3.8, 4) is 0 Å². The van der Waals surface area contributed by atoms with Gasteiger partial charge in [0.25, 0.3) is 0 Å². The molecular formula is C19H21N3O4S2. The molecule has 0 spiro atoms. The third-order valence-corrected chi connectivity index (χ3v) is 7.27. The van der Waals surface area contributed by atoms with Gasteiger partial charge in [0.15, 0.2) is 0 Å². The molecule has 0 saturated heterocycles. The Labute approximate surface area is 167 Å². The van der Waals surface area contributed by atoms with Crippen LogP contribution in [0.4, 0.5) is 5.69 Å². The van der Waals surface area contributed by atoms with Crippen molar-refractivity contribution in [1.29, 1.82) is 0 Å². The summed E-state index contributed by atoms with van der Waals surface area (Å²) in [4.78, 5) is 24.1. The Bertz CT molecular complexity index is 1150. The number of aryl methyl sites for hydroxylation is 1. The van der Waals surface area contributed by atoms with E-state index in [0.29, 0.717) is 12.1 Å². The first kappa shape index (κ1) is 20.2. The van der Waals surface area contributed by atoms with Crippen molar-refractivity contribution in [2.45, 2.75) is 17.7 Å². The smallest absolute Gasteiger partial charge is 0.307 e. The molecule has 1 N–H and O–H groups in total. The summed E-state index contributed by atoms with van der Waals surface area (Å²) in [5.41, 5.74) is 1.44. The Morgan fingerprint density at radius 2 is 1.89 bits per heavy atom. The number of hydrogen-bond acceptors (Lipinski definition) is 5. The highest BCUT2D eigenvalue weighted by atomic mass is 32.2. The molecule has 1 amide bonds. The molecule has 3 rings (SSSR count). The molecule has 148 valence electrons. The lowest BCUT2D eigenvalue weighted by molar-refractivity contribution is -0.116. The quantitative estimate of drug-likeness (QED) is 0.638. The van der Waals surface area contributed by atoms with Gasteiger partial charge in [-0.25, -0.2) is 12.7 Å². The summed E-state index contributed by atoms with van der Waals surface area (Å²) in [5.74, 6) is -0.201. The maximum absolute atomic E-state index is 12.5. The molecule has 0 saturated carbocycles. The van der Waals surface area contributed by atoms with Gasteiger partial charge in [-0.15, -0.1) is 0 Å². The van der Waals surface area contributed by atoms with Gasteiger partial charge < -0.3 is 9.88 Å². The second-order valence-electron chi connectivity index (χ2n) is 6.40. The first-order valence-corrected chi connectivity index (χ1v) is 11.0. The van der Waals surface area contributed by atoms with Gasteiger partial charge in [-0.1, -0.05) is 29.5 Å². The average Bonchev–Trinajstić information content (AvgIpc) is 2.95. The van der Waals surface area contributed by atoms with E-state index in [9.17, 15) is 18.0 Å². The summed E-state index contributed by atoms with van der Waals surface area (Å²) in [7, 11) is -0.338. The van der Waals surface area contributed by atoms with Crippen LogP contribution >= 0.6 is 11.3 Å². The third kappa shape index (κ3) is 4.32. The molecule has 7 nitrogen and oxygen atoms in total. The number of carbonyl (C=O) groups is 1. The summed E-state index contributed by atoms with van der Waals surface area (Å²) in [6.07, 6.45) is 0.590. The molecular weight excluding hydrogens is 398 g/mol. The molecule has 1 heterocycles. The Morgan fingerprint density at radius 1 is 1.18 bits per heavy atom. The molecule has 1 aromatic heterocycles. The van der Waals surface area contributed by atoms with Crippen LogP contribution in [0.3, 0.4) is 0 Å². The Morgan fingerprint density at radius 3 is 2.61 bits per heavy atom. The molecule has 0 aliphatic heterocycles. The number of nitrogens with zero attached hydrogens (tertiary/aromatic N) is 2. The number of benzene rings is 2. The van der Waals surface area contributed by atoms with E-state index in [1.165, 1.54) is 11.4 Å². The molecule has 0 unspecified atom stereocenters. The predicted octanol–water partition coefficient (Wildman–Crippen LogP) is 2.64. The van der Waals surface area contributed by atoms with Crippen molar-refractivity contribution in [3.63, 3.8) is 0 Å². The third-order valence-electron chi connectivity index (χ3n) is 4.40. The zero-order valence-corrected chi connectivity index (χ0v) is 17.2. The van der Waals surface area contributed by atoms with Gasteiger partial charge in [0.05, 0.1) is 15.1 Å². The summed E-state index contributed by atoms with van der Waals surface area (Å²) in [6, 6.07) is 13.5. The number of amides is 1. The van der Waals surface area contributed by atoms with Gasteiger partial charge in [0.2, 0.25) is 15.9 Å². The SMILES string of the molecule is CN(CCCC(=O)Nc1ccc2c(c1)sc(=O)n2C)S(=O)(=O)c1ccccc1. The average molecular weight is 420 g/mol. The number of anilines is 1. The Kier molecular flexibility index (Phi) is 5.97. The minimum absolute atomic E-state index is 0.0545. The number of hydrogen-bond donors (Lipinski definition) is 1. The molecule has 0 bridgehead atoms. The Hall–Kier alpha value is -2.49. The number of fused-ring (bicyclic) bond motifs is 1. The van der Waals surface area contributed by atoms with Crippen LogP contribution in [-0.4, -0.2) is 36.8 Å². The van der Waals surface area contributed by atoms with Gasteiger partial charge in [0, 0.05) is 32.7 Å². The van der Waals surface area contributed by atoms with Gasteiger partial charge in [-0.05, 0) is 36.8 Å². The minimum atomic E-state index is -3.55. The number of aromatic nitrogens is 1. The fraction of sp³-hybridized carbons (Fsp3) is 0.263. The van der Waals surface area contributed by atoms with E-state index in [4.69, 9.17) is 0 Å². The van der Waals surface area contributed by atoms with Gasteiger partial charge in [-0.3, -0.25) is 9.59 Å². The summed E-state index contributed by atoms with van der Waals surface area (Å²) in [5, 5.41) is 2.80. The molecule has 0 aliphatic carbocycles.